The van der Waals surface area contributed by atoms with Crippen LogP contribution in [0.2, 0.25) is 0 Å². The number of rotatable bonds is 6. The zero-order valence-electron chi connectivity index (χ0n) is 14.8. The van der Waals surface area contributed by atoms with Crippen LogP contribution in [-0.2, 0) is 11.3 Å². The zero-order chi connectivity index (χ0) is 19.5. The molecule has 0 aliphatic carbocycles. The molecule has 28 heavy (non-hydrogen) atoms. The summed E-state index contributed by atoms with van der Waals surface area (Å²) >= 11 is 0. The summed E-state index contributed by atoms with van der Waals surface area (Å²) < 4.78 is 1.82. The second-order valence-corrected chi connectivity index (χ2v) is 6.11. The second kappa shape index (κ2) is 7.39. The Kier molecular flexibility index (Phi) is 4.63. The number of carbonyl (C=O) groups is 3. The van der Waals surface area contributed by atoms with Crippen LogP contribution in [0.4, 0.5) is 0 Å². The van der Waals surface area contributed by atoms with Gasteiger partial charge in [-0.3, -0.25) is 19.3 Å². The highest BCUT2D eigenvalue weighted by atomic mass is 16.2. The lowest BCUT2D eigenvalue weighted by molar-refractivity contribution is -0.121. The molecular formula is C19H16N6O3. The number of nitrogens with zero attached hydrogens (tertiary/aromatic N) is 5. The number of aromatic nitrogens is 4. The van der Waals surface area contributed by atoms with E-state index in [0.717, 1.165) is 4.90 Å². The number of nitrogens with one attached hydrogen (secondary N) is 1. The van der Waals surface area contributed by atoms with Crippen molar-refractivity contribution in [2.75, 3.05) is 13.1 Å². The van der Waals surface area contributed by atoms with Crippen molar-refractivity contribution < 1.29 is 14.4 Å². The van der Waals surface area contributed by atoms with Gasteiger partial charge < -0.3 is 9.88 Å². The number of fused-ring (bicyclic) bond motifs is 1. The summed E-state index contributed by atoms with van der Waals surface area (Å²) in [5.41, 5.74) is 0.650. The predicted octanol–water partition coefficient (Wildman–Crippen LogP) is 0.752. The minimum Gasteiger partial charge on any atom is -0.353 e. The van der Waals surface area contributed by atoms with Gasteiger partial charge in [0.2, 0.25) is 5.91 Å². The summed E-state index contributed by atoms with van der Waals surface area (Å²) in [4.78, 5) is 50.4. The Hall–Kier alpha value is -3.88. The molecule has 0 bridgehead atoms. The lowest BCUT2D eigenvalue weighted by atomic mass is 10.1. The van der Waals surface area contributed by atoms with Gasteiger partial charge in [-0.05, 0) is 18.2 Å². The van der Waals surface area contributed by atoms with Crippen LogP contribution in [0.1, 0.15) is 20.7 Å². The van der Waals surface area contributed by atoms with Gasteiger partial charge >= 0.3 is 0 Å². The van der Waals surface area contributed by atoms with E-state index in [1.807, 2.05) is 4.57 Å². The lowest BCUT2D eigenvalue weighted by Gasteiger charge is -2.14. The van der Waals surface area contributed by atoms with Crippen molar-refractivity contribution in [1.82, 2.24) is 29.7 Å². The molecule has 1 N–H and O–H groups in total. The molecule has 140 valence electrons. The number of benzene rings is 1. The highest BCUT2D eigenvalue weighted by Crippen LogP contribution is 2.21. The minimum absolute atomic E-state index is 0.304. The number of carbonyl (C=O) groups excluding carboxylic acids is 3. The molecule has 0 atom stereocenters. The van der Waals surface area contributed by atoms with Crippen molar-refractivity contribution >= 4 is 17.7 Å². The fraction of sp³-hybridized carbons (Fsp3) is 0.158. The summed E-state index contributed by atoms with van der Waals surface area (Å²) in [7, 11) is 0. The Bertz CT molecular complexity index is 1010. The van der Waals surface area contributed by atoms with Crippen molar-refractivity contribution in [3.63, 3.8) is 0 Å². The number of imide groups is 1. The number of hydrogen-bond acceptors (Lipinski definition) is 6. The van der Waals surface area contributed by atoms with Gasteiger partial charge in [-0.25, -0.2) is 15.0 Å². The molecule has 0 saturated carbocycles. The van der Waals surface area contributed by atoms with Crippen LogP contribution in [0, 0.1) is 0 Å². The number of amides is 3. The van der Waals surface area contributed by atoms with Crippen molar-refractivity contribution in [3.8, 4) is 11.6 Å². The first-order valence-electron chi connectivity index (χ1n) is 8.65. The van der Waals surface area contributed by atoms with Crippen LogP contribution in [0.3, 0.4) is 0 Å². The Morgan fingerprint density at radius 2 is 1.61 bits per heavy atom. The first kappa shape index (κ1) is 17.5. The Morgan fingerprint density at radius 3 is 2.29 bits per heavy atom. The van der Waals surface area contributed by atoms with E-state index < -0.39 is 17.7 Å². The molecule has 0 unspecified atom stereocenters. The van der Waals surface area contributed by atoms with Gasteiger partial charge in [0.15, 0.2) is 11.6 Å². The topological polar surface area (TPSA) is 110 Å². The first-order valence-corrected chi connectivity index (χ1v) is 8.65. The van der Waals surface area contributed by atoms with E-state index >= 15 is 0 Å². The average molecular weight is 376 g/mol. The van der Waals surface area contributed by atoms with Gasteiger partial charge in [0.05, 0.1) is 11.1 Å². The molecule has 9 heteroatoms. The molecule has 3 heterocycles. The van der Waals surface area contributed by atoms with Crippen LogP contribution in [0.15, 0.2) is 55.1 Å². The second-order valence-electron chi connectivity index (χ2n) is 6.11. The SMILES string of the molecule is O=C(CN1C(=O)c2ccccc2C1=O)NCCn1ccnc1-c1ncccn1. The van der Waals surface area contributed by atoms with Crippen LogP contribution in [0.5, 0.6) is 0 Å². The molecule has 0 radical (unpaired) electrons. The molecule has 0 saturated heterocycles. The summed E-state index contributed by atoms with van der Waals surface area (Å²) in [6.07, 6.45) is 6.66. The van der Waals surface area contributed by atoms with E-state index in [0.29, 0.717) is 35.9 Å². The molecule has 4 rings (SSSR count). The third-order valence-electron chi connectivity index (χ3n) is 4.34. The normalized spacial score (nSPS) is 12.9. The van der Waals surface area contributed by atoms with Gasteiger partial charge in [0, 0.05) is 37.9 Å². The van der Waals surface area contributed by atoms with E-state index in [4.69, 9.17) is 0 Å². The van der Waals surface area contributed by atoms with Gasteiger partial charge in [-0.15, -0.1) is 0 Å². The Balaban J connectivity index is 1.34. The molecule has 0 fully saturated rings. The van der Waals surface area contributed by atoms with Crippen LogP contribution >= 0.6 is 0 Å². The van der Waals surface area contributed by atoms with Crippen LogP contribution < -0.4 is 5.32 Å². The van der Waals surface area contributed by atoms with Crippen LogP contribution in [0.25, 0.3) is 11.6 Å². The van der Waals surface area contributed by atoms with Gasteiger partial charge in [-0.2, -0.15) is 0 Å². The Morgan fingerprint density at radius 1 is 0.929 bits per heavy atom. The monoisotopic (exact) mass is 376 g/mol. The highest BCUT2D eigenvalue weighted by molar-refractivity contribution is 6.22. The molecular weight excluding hydrogens is 360 g/mol. The van der Waals surface area contributed by atoms with Gasteiger partial charge in [0.1, 0.15) is 6.54 Å². The maximum atomic E-state index is 12.3. The lowest BCUT2D eigenvalue weighted by Crippen LogP contribution is -2.41. The smallest absolute Gasteiger partial charge is 0.262 e. The van der Waals surface area contributed by atoms with E-state index in [1.54, 1.807) is 55.1 Å². The first-order chi connectivity index (χ1) is 13.6. The fourth-order valence-electron chi connectivity index (χ4n) is 3.01. The Labute approximate surface area is 160 Å². The van der Waals surface area contributed by atoms with E-state index in [-0.39, 0.29) is 6.54 Å². The van der Waals surface area contributed by atoms with Crippen molar-refractivity contribution in [1.29, 1.82) is 0 Å². The number of hydrogen-bond donors (Lipinski definition) is 1. The minimum atomic E-state index is -0.450. The van der Waals surface area contributed by atoms with Gasteiger partial charge in [-0.1, -0.05) is 12.1 Å². The van der Waals surface area contributed by atoms with Crippen LogP contribution in [-0.4, -0.2) is 55.2 Å². The van der Waals surface area contributed by atoms with E-state index in [2.05, 4.69) is 20.3 Å². The molecule has 3 aromatic rings. The molecule has 1 aliphatic rings. The zero-order valence-corrected chi connectivity index (χ0v) is 14.8. The third kappa shape index (κ3) is 3.25. The summed E-state index contributed by atoms with van der Waals surface area (Å²) in [5, 5.41) is 2.72. The standard InChI is InChI=1S/C19H16N6O3/c26-15(12-25-18(27)13-4-1-2-5-14(13)19(25)28)20-8-10-24-11-9-23-17(24)16-21-6-3-7-22-16/h1-7,9,11H,8,10,12H2,(H,20,26). The summed E-state index contributed by atoms with van der Waals surface area (Å²) in [6, 6.07) is 8.26. The summed E-state index contributed by atoms with van der Waals surface area (Å²) in [5.74, 6) is -0.227. The molecule has 0 spiro atoms. The van der Waals surface area contributed by atoms with E-state index in [1.165, 1.54) is 0 Å². The quantitative estimate of drug-likeness (QED) is 0.636. The average Bonchev–Trinajstić information content (AvgIpc) is 3.28. The molecule has 3 amide bonds. The largest absolute Gasteiger partial charge is 0.353 e. The van der Waals surface area contributed by atoms with Crippen molar-refractivity contribution in [3.05, 3.63) is 66.2 Å². The highest BCUT2D eigenvalue weighted by Gasteiger charge is 2.36. The molecule has 2 aromatic heterocycles. The predicted molar refractivity (Wildman–Crippen MR) is 98.1 cm³/mol. The molecule has 1 aliphatic heterocycles. The van der Waals surface area contributed by atoms with Crippen molar-refractivity contribution in [2.24, 2.45) is 0 Å². The van der Waals surface area contributed by atoms with Gasteiger partial charge in [0.25, 0.3) is 11.8 Å². The number of imidazole rings is 1. The summed E-state index contributed by atoms with van der Waals surface area (Å²) in [6.45, 7) is 0.435. The fourth-order valence-corrected chi connectivity index (χ4v) is 3.01. The van der Waals surface area contributed by atoms with Crippen molar-refractivity contribution in [2.45, 2.75) is 6.54 Å². The molecule has 1 aromatic carbocycles. The third-order valence-corrected chi connectivity index (χ3v) is 4.34. The molecule has 9 nitrogen and oxygen atoms in total. The van der Waals surface area contributed by atoms with E-state index in [9.17, 15) is 14.4 Å². The maximum absolute atomic E-state index is 12.3. The maximum Gasteiger partial charge on any atom is 0.262 e.